The van der Waals surface area contributed by atoms with Gasteiger partial charge in [0.1, 0.15) is 0 Å². The molecule has 11 heavy (non-hydrogen) atoms. The Morgan fingerprint density at radius 1 is 1.73 bits per heavy atom. The van der Waals surface area contributed by atoms with Crippen LogP contribution in [0.4, 0.5) is 0 Å². The summed E-state index contributed by atoms with van der Waals surface area (Å²) in [4.78, 5) is 0. The van der Waals surface area contributed by atoms with Crippen LogP contribution >= 0.6 is 0 Å². The molecule has 1 saturated carbocycles. The van der Waals surface area contributed by atoms with Crippen molar-refractivity contribution in [2.75, 3.05) is 0 Å². The maximum atomic E-state index is 10.3. The molecule has 0 bridgehead atoms. The molecule has 0 aromatic rings. The summed E-state index contributed by atoms with van der Waals surface area (Å²) in [5.74, 6) is -0.125. The number of hydrogen-bond acceptors (Lipinski definition) is 3. The summed E-state index contributed by atoms with van der Waals surface area (Å²) < 4.78 is 29.1. The molecule has 1 fully saturated rings. The Kier molecular flexibility index (Phi) is 4.02. The Morgan fingerprint density at radius 3 is 2.55 bits per heavy atom. The van der Waals surface area contributed by atoms with Crippen molar-refractivity contribution in [3.8, 4) is 6.07 Å². The number of nitriles is 1. The number of nitrogens with zero attached hydrogens (tertiary/aromatic N) is 1. The third-order valence-corrected chi connectivity index (χ3v) is 2.94. The minimum atomic E-state index is -3.85. The van der Waals surface area contributed by atoms with Gasteiger partial charge in [-0.15, -0.1) is 0 Å². The molecule has 0 amide bonds. The zero-order valence-electron chi connectivity index (χ0n) is 7.19. The molecule has 0 heterocycles. The first-order valence-electron chi connectivity index (χ1n) is 2.89. The zero-order valence-corrected chi connectivity index (χ0v) is 9.00. The zero-order chi connectivity index (χ0) is 7.78. The second-order valence-electron chi connectivity index (χ2n) is 2.41. The van der Waals surface area contributed by atoms with Crippen molar-refractivity contribution in [2.45, 2.75) is 18.1 Å². The van der Waals surface area contributed by atoms with Gasteiger partial charge in [0.05, 0.1) is 11.3 Å². The molecule has 58 valence electrons. The quantitative estimate of drug-likeness (QED) is 0.375. The van der Waals surface area contributed by atoms with Gasteiger partial charge in [0, 0.05) is 6.42 Å². The largest absolute Gasteiger partial charge is 1.00 e. The summed E-state index contributed by atoms with van der Waals surface area (Å²) in [6.45, 7) is 0. The summed E-state index contributed by atoms with van der Waals surface area (Å²) in [5, 5.41) is 7.47. The first-order valence-corrected chi connectivity index (χ1v) is 4.39. The maximum absolute atomic E-state index is 10.3. The van der Waals surface area contributed by atoms with Crippen molar-refractivity contribution in [1.29, 1.82) is 5.26 Å². The van der Waals surface area contributed by atoms with E-state index in [2.05, 4.69) is 0 Å². The van der Waals surface area contributed by atoms with E-state index in [1.54, 1.807) is 0 Å². The third kappa shape index (κ3) is 3.09. The molecule has 0 spiro atoms. The summed E-state index contributed by atoms with van der Waals surface area (Å²) in [7, 11) is -3.85. The molecule has 1 rings (SSSR count). The molecular formula is C5H8NNaO3S. The van der Waals surface area contributed by atoms with Gasteiger partial charge in [-0.2, -0.15) is 13.7 Å². The van der Waals surface area contributed by atoms with Crippen molar-refractivity contribution in [3.63, 3.8) is 0 Å². The maximum Gasteiger partial charge on any atom is 1.00 e. The first kappa shape index (κ1) is 11.4. The van der Waals surface area contributed by atoms with Gasteiger partial charge >= 0.3 is 29.6 Å². The van der Waals surface area contributed by atoms with Crippen molar-refractivity contribution in [2.24, 2.45) is 5.92 Å². The van der Waals surface area contributed by atoms with Crippen LogP contribution in [0.1, 0.15) is 14.3 Å². The molecule has 2 unspecified atom stereocenters. The van der Waals surface area contributed by atoms with Crippen LogP contribution in [0.3, 0.4) is 0 Å². The Bertz CT molecular complexity index is 273. The molecule has 1 N–H and O–H groups in total. The van der Waals surface area contributed by atoms with Crippen LogP contribution in [0.25, 0.3) is 0 Å². The molecule has 1 aliphatic carbocycles. The molecular weight excluding hydrogens is 177 g/mol. The molecule has 4 nitrogen and oxygen atoms in total. The predicted molar refractivity (Wildman–Crippen MR) is 34.8 cm³/mol. The smallest absolute Gasteiger partial charge is 1.00 e. The van der Waals surface area contributed by atoms with Gasteiger partial charge in [-0.05, 0) is 12.3 Å². The van der Waals surface area contributed by atoms with Crippen molar-refractivity contribution < 1.29 is 44.0 Å². The van der Waals surface area contributed by atoms with E-state index in [-0.39, 0.29) is 43.3 Å². The fourth-order valence-electron chi connectivity index (χ4n) is 0.917. The average molecular weight is 185 g/mol. The van der Waals surface area contributed by atoms with Crippen LogP contribution in [-0.4, -0.2) is 18.2 Å². The van der Waals surface area contributed by atoms with Gasteiger partial charge in [0.15, 0.2) is 0 Å². The van der Waals surface area contributed by atoms with E-state index in [1.807, 2.05) is 6.07 Å². The second kappa shape index (κ2) is 3.87. The van der Waals surface area contributed by atoms with E-state index in [0.717, 1.165) is 0 Å². The molecule has 6 heteroatoms. The van der Waals surface area contributed by atoms with E-state index < -0.39 is 15.4 Å². The van der Waals surface area contributed by atoms with Crippen LogP contribution in [0.2, 0.25) is 0 Å². The van der Waals surface area contributed by atoms with Gasteiger partial charge < -0.3 is 1.43 Å². The minimum Gasteiger partial charge on any atom is -1.00 e. The van der Waals surface area contributed by atoms with Crippen LogP contribution in [0.15, 0.2) is 0 Å². The van der Waals surface area contributed by atoms with Gasteiger partial charge in [-0.3, -0.25) is 4.55 Å². The van der Waals surface area contributed by atoms with Gasteiger partial charge in [0.2, 0.25) is 0 Å². The summed E-state index contributed by atoms with van der Waals surface area (Å²) >= 11 is 0. The van der Waals surface area contributed by atoms with E-state index >= 15 is 0 Å². The fourth-order valence-corrected chi connectivity index (χ4v) is 1.99. The summed E-state index contributed by atoms with van der Waals surface area (Å²) in [6.07, 6.45) is 0.664. The molecule has 0 aromatic carbocycles. The van der Waals surface area contributed by atoms with Gasteiger partial charge in [-0.25, -0.2) is 0 Å². The minimum absolute atomic E-state index is 0. The second-order valence-corrected chi connectivity index (χ2v) is 4.05. The molecule has 1 aliphatic rings. The Hall–Kier alpha value is 0.400. The Balaban J connectivity index is 0. The molecule has 0 aliphatic heterocycles. The summed E-state index contributed by atoms with van der Waals surface area (Å²) in [6, 6.07) is 1.86. The molecule has 0 saturated heterocycles. The average Bonchev–Trinajstić information content (AvgIpc) is 2.44. The van der Waals surface area contributed by atoms with E-state index in [9.17, 15) is 8.42 Å². The number of hydrogen-bond donors (Lipinski definition) is 1. The van der Waals surface area contributed by atoms with Crippen LogP contribution < -0.4 is 29.6 Å². The standard InChI is InChI=1S/C5H7NO3S.Na.H/c6-2-1-4-3-5(4)10(7,8)9;;/h4-5H,1,3H2,(H,7,8,9);;/q;+1;-1. The summed E-state index contributed by atoms with van der Waals surface area (Å²) in [5.41, 5.74) is 0. The van der Waals surface area contributed by atoms with E-state index in [4.69, 9.17) is 9.81 Å². The van der Waals surface area contributed by atoms with Crippen LogP contribution in [0.5, 0.6) is 0 Å². The monoisotopic (exact) mass is 185 g/mol. The van der Waals surface area contributed by atoms with Crippen molar-refractivity contribution in [3.05, 3.63) is 0 Å². The van der Waals surface area contributed by atoms with Gasteiger partial charge in [0.25, 0.3) is 10.1 Å². The molecule has 0 aromatic heterocycles. The van der Waals surface area contributed by atoms with Crippen molar-refractivity contribution in [1.82, 2.24) is 0 Å². The van der Waals surface area contributed by atoms with Crippen molar-refractivity contribution >= 4 is 10.1 Å². The topological polar surface area (TPSA) is 78.2 Å². The third-order valence-electron chi connectivity index (χ3n) is 1.59. The van der Waals surface area contributed by atoms with Crippen LogP contribution in [0, 0.1) is 17.2 Å². The normalized spacial score (nSPS) is 28.4. The van der Waals surface area contributed by atoms with Gasteiger partial charge in [-0.1, -0.05) is 0 Å². The Morgan fingerprint density at radius 2 is 2.27 bits per heavy atom. The SMILES string of the molecule is N#CCC1CC1S(=O)(=O)O.[H-].[Na+]. The first-order chi connectivity index (χ1) is 4.55. The molecule has 2 atom stereocenters. The van der Waals surface area contributed by atoms with E-state index in [1.165, 1.54) is 0 Å². The fraction of sp³-hybridized carbons (Fsp3) is 0.800. The van der Waals surface area contributed by atoms with E-state index in [0.29, 0.717) is 6.42 Å². The predicted octanol–water partition coefficient (Wildman–Crippen LogP) is -2.71. The Labute approximate surface area is 89.1 Å². The number of rotatable bonds is 2. The molecule has 0 radical (unpaired) electrons. The van der Waals surface area contributed by atoms with Crippen LogP contribution in [-0.2, 0) is 10.1 Å².